The predicted molar refractivity (Wildman–Crippen MR) is 28.6 cm³/mol. The molecule has 0 aromatic carbocycles. The molecule has 9 heavy (non-hydrogen) atoms. The molecule has 1 nitrogen and oxygen atoms in total. The molecule has 1 atom stereocenters. The highest BCUT2D eigenvalue weighted by atomic mass is 19.4. The SMILES string of the molecule is CC(N)[CH]CC(F)(F)F. The van der Waals surface area contributed by atoms with E-state index in [-0.39, 0.29) is 0 Å². The van der Waals surface area contributed by atoms with Crippen LogP contribution in [0.3, 0.4) is 0 Å². The Morgan fingerprint density at radius 2 is 2.00 bits per heavy atom. The number of halogens is 3. The molecule has 0 aromatic heterocycles. The maximum Gasteiger partial charge on any atom is 0.389 e. The van der Waals surface area contributed by atoms with Gasteiger partial charge in [-0.3, -0.25) is 0 Å². The highest BCUT2D eigenvalue weighted by molar-refractivity contribution is 4.77. The Hall–Kier alpha value is -0.250. The van der Waals surface area contributed by atoms with Gasteiger partial charge in [0.2, 0.25) is 0 Å². The Bertz CT molecular complexity index is 76.8. The van der Waals surface area contributed by atoms with Gasteiger partial charge in [-0.2, -0.15) is 13.2 Å². The standard InChI is InChI=1S/C5H9F3N/c1-4(9)2-3-5(6,7)8/h2,4H,3,9H2,1H3. The smallest absolute Gasteiger partial charge is 0.328 e. The zero-order chi connectivity index (χ0) is 7.49. The fourth-order valence-electron chi connectivity index (χ4n) is 0.320. The Balaban J connectivity index is 3.28. The number of rotatable bonds is 2. The molecule has 4 heteroatoms. The van der Waals surface area contributed by atoms with Crippen molar-refractivity contribution in [2.45, 2.75) is 25.6 Å². The van der Waals surface area contributed by atoms with Crippen molar-refractivity contribution in [1.82, 2.24) is 0 Å². The van der Waals surface area contributed by atoms with Gasteiger partial charge in [-0.1, -0.05) is 0 Å². The quantitative estimate of drug-likeness (QED) is 0.617. The fraction of sp³-hybridized carbons (Fsp3) is 0.800. The summed E-state index contributed by atoms with van der Waals surface area (Å²) in [7, 11) is 0. The van der Waals surface area contributed by atoms with Crippen LogP contribution in [0.2, 0.25) is 0 Å². The highest BCUT2D eigenvalue weighted by Crippen LogP contribution is 2.20. The van der Waals surface area contributed by atoms with Crippen molar-refractivity contribution in [3.63, 3.8) is 0 Å². The van der Waals surface area contributed by atoms with E-state index in [0.29, 0.717) is 0 Å². The summed E-state index contributed by atoms with van der Waals surface area (Å²) < 4.78 is 34.0. The highest BCUT2D eigenvalue weighted by Gasteiger charge is 2.26. The first-order valence-corrected chi connectivity index (χ1v) is 2.57. The molecule has 0 saturated heterocycles. The first-order valence-electron chi connectivity index (χ1n) is 2.57. The van der Waals surface area contributed by atoms with Crippen LogP contribution in [-0.2, 0) is 0 Å². The van der Waals surface area contributed by atoms with Gasteiger partial charge in [0.05, 0.1) is 0 Å². The van der Waals surface area contributed by atoms with Gasteiger partial charge in [-0.05, 0) is 13.3 Å². The summed E-state index contributed by atoms with van der Waals surface area (Å²) in [4.78, 5) is 0. The Labute approximate surface area is 52.0 Å². The van der Waals surface area contributed by atoms with Crippen molar-refractivity contribution in [2.24, 2.45) is 5.73 Å². The minimum Gasteiger partial charge on any atom is -0.328 e. The number of nitrogens with two attached hydrogens (primary N) is 1. The van der Waals surface area contributed by atoms with Crippen LogP contribution in [0.4, 0.5) is 13.2 Å². The van der Waals surface area contributed by atoms with Gasteiger partial charge in [0.15, 0.2) is 0 Å². The Kier molecular flexibility index (Phi) is 2.97. The van der Waals surface area contributed by atoms with Crippen molar-refractivity contribution in [2.75, 3.05) is 0 Å². The van der Waals surface area contributed by atoms with E-state index < -0.39 is 18.6 Å². The maximum absolute atomic E-state index is 11.3. The molecule has 55 valence electrons. The third-order valence-corrected chi connectivity index (χ3v) is 0.721. The summed E-state index contributed by atoms with van der Waals surface area (Å²) in [5.41, 5.74) is 5.04. The van der Waals surface area contributed by atoms with Crippen molar-refractivity contribution in [3.05, 3.63) is 6.42 Å². The minimum atomic E-state index is -4.10. The topological polar surface area (TPSA) is 26.0 Å². The molecule has 0 spiro atoms. The van der Waals surface area contributed by atoms with E-state index in [2.05, 4.69) is 0 Å². The van der Waals surface area contributed by atoms with Crippen LogP contribution >= 0.6 is 0 Å². The van der Waals surface area contributed by atoms with Crippen molar-refractivity contribution in [3.8, 4) is 0 Å². The van der Waals surface area contributed by atoms with E-state index in [0.717, 1.165) is 6.42 Å². The molecule has 1 radical (unpaired) electrons. The summed E-state index contributed by atoms with van der Waals surface area (Å²) in [5, 5.41) is 0. The normalized spacial score (nSPS) is 15.7. The summed E-state index contributed by atoms with van der Waals surface area (Å²) in [6, 6.07) is -0.480. The minimum absolute atomic E-state index is 0.480. The molecule has 0 bridgehead atoms. The van der Waals surface area contributed by atoms with E-state index in [9.17, 15) is 13.2 Å². The lowest BCUT2D eigenvalue weighted by Crippen LogP contribution is -2.19. The van der Waals surface area contributed by atoms with Crippen LogP contribution in [0.1, 0.15) is 13.3 Å². The third kappa shape index (κ3) is 7.75. The summed E-state index contributed by atoms with van der Waals surface area (Å²) in [6.07, 6.45) is -3.97. The lowest BCUT2D eigenvalue weighted by molar-refractivity contribution is -0.128. The van der Waals surface area contributed by atoms with E-state index in [1.54, 1.807) is 0 Å². The second kappa shape index (κ2) is 3.06. The van der Waals surface area contributed by atoms with Gasteiger partial charge in [0.1, 0.15) is 0 Å². The van der Waals surface area contributed by atoms with Crippen LogP contribution < -0.4 is 5.73 Å². The van der Waals surface area contributed by atoms with Crippen LogP contribution in [0, 0.1) is 6.42 Å². The van der Waals surface area contributed by atoms with Gasteiger partial charge in [0, 0.05) is 12.5 Å². The van der Waals surface area contributed by atoms with E-state index in [1.165, 1.54) is 6.92 Å². The molecule has 0 aliphatic heterocycles. The molecule has 0 amide bonds. The molecular formula is C5H9F3N. The Morgan fingerprint density at radius 1 is 1.56 bits per heavy atom. The lowest BCUT2D eigenvalue weighted by Gasteiger charge is -2.06. The average molecular weight is 140 g/mol. The summed E-state index contributed by atoms with van der Waals surface area (Å²) in [6.45, 7) is 1.51. The van der Waals surface area contributed by atoms with Crippen molar-refractivity contribution < 1.29 is 13.2 Å². The van der Waals surface area contributed by atoms with Crippen molar-refractivity contribution >= 4 is 0 Å². The van der Waals surface area contributed by atoms with Crippen LogP contribution in [0.5, 0.6) is 0 Å². The zero-order valence-corrected chi connectivity index (χ0v) is 5.07. The number of hydrogen-bond donors (Lipinski definition) is 1. The molecule has 0 fully saturated rings. The van der Waals surface area contributed by atoms with E-state index in [1.807, 2.05) is 0 Å². The molecule has 0 saturated carbocycles. The van der Waals surface area contributed by atoms with Crippen LogP contribution in [0.25, 0.3) is 0 Å². The molecule has 0 aromatic rings. The summed E-state index contributed by atoms with van der Waals surface area (Å²) >= 11 is 0. The van der Waals surface area contributed by atoms with Gasteiger partial charge in [-0.15, -0.1) is 0 Å². The molecule has 0 rings (SSSR count). The molecular weight excluding hydrogens is 131 g/mol. The van der Waals surface area contributed by atoms with Crippen LogP contribution in [-0.4, -0.2) is 12.2 Å². The largest absolute Gasteiger partial charge is 0.389 e. The first-order chi connectivity index (χ1) is 3.92. The van der Waals surface area contributed by atoms with E-state index in [4.69, 9.17) is 5.73 Å². The molecule has 0 aliphatic rings. The zero-order valence-electron chi connectivity index (χ0n) is 5.07. The molecule has 0 heterocycles. The maximum atomic E-state index is 11.3. The van der Waals surface area contributed by atoms with Gasteiger partial charge < -0.3 is 5.73 Å². The third-order valence-electron chi connectivity index (χ3n) is 0.721. The molecule has 1 unspecified atom stereocenters. The second-order valence-corrected chi connectivity index (χ2v) is 1.91. The van der Waals surface area contributed by atoms with Gasteiger partial charge >= 0.3 is 6.18 Å². The lowest BCUT2D eigenvalue weighted by atomic mass is 10.2. The number of hydrogen-bond acceptors (Lipinski definition) is 1. The summed E-state index contributed by atoms with van der Waals surface area (Å²) in [5.74, 6) is 0. The van der Waals surface area contributed by atoms with Crippen molar-refractivity contribution in [1.29, 1.82) is 0 Å². The average Bonchev–Trinajstić information content (AvgIpc) is 1.59. The number of alkyl halides is 3. The molecule has 0 aliphatic carbocycles. The predicted octanol–water partition coefficient (Wildman–Crippen LogP) is 1.49. The second-order valence-electron chi connectivity index (χ2n) is 1.91. The monoisotopic (exact) mass is 140 g/mol. The first kappa shape index (κ1) is 8.75. The molecule has 2 N–H and O–H groups in total. The fourth-order valence-corrected chi connectivity index (χ4v) is 0.320. The van der Waals surface area contributed by atoms with Crippen LogP contribution in [0.15, 0.2) is 0 Å². The van der Waals surface area contributed by atoms with Gasteiger partial charge in [-0.25, -0.2) is 0 Å². The Morgan fingerprint density at radius 3 is 2.11 bits per heavy atom. The van der Waals surface area contributed by atoms with E-state index >= 15 is 0 Å². The van der Waals surface area contributed by atoms with Gasteiger partial charge in [0.25, 0.3) is 0 Å².